The van der Waals surface area contributed by atoms with E-state index in [9.17, 15) is 13.6 Å². The van der Waals surface area contributed by atoms with Crippen LogP contribution in [0.5, 0.6) is 0 Å². The smallest absolute Gasteiger partial charge is 0.258 e. The number of benzene rings is 2. The van der Waals surface area contributed by atoms with E-state index in [-0.39, 0.29) is 5.56 Å². The molecule has 1 heterocycles. The van der Waals surface area contributed by atoms with Gasteiger partial charge in [0.15, 0.2) is 5.16 Å². The van der Waals surface area contributed by atoms with Crippen LogP contribution in [-0.4, -0.2) is 20.7 Å². The van der Waals surface area contributed by atoms with Crippen LogP contribution in [0.15, 0.2) is 58.8 Å². The van der Waals surface area contributed by atoms with Gasteiger partial charge in [-0.2, -0.15) is 0 Å². The van der Waals surface area contributed by atoms with E-state index in [1.807, 2.05) is 7.05 Å². The van der Waals surface area contributed by atoms with Gasteiger partial charge in [0, 0.05) is 17.6 Å². The average molecular weight is 346 g/mol. The molecule has 3 aromatic rings. The van der Waals surface area contributed by atoms with Gasteiger partial charge >= 0.3 is 0 Å². The molecule has 1 aromatic heterocycles. The number of aromatic nitrogens is 3. The maximum absolute atomic E-state index is 13.6. The second-order valence-electron chi connectivity index (χ2n) is 4.93. The lowest BCUT2D eigenvalue weighted by molar-refractivity contribution is 0.102. The molecule has 0 bridgehead atoms. The third-order valence-electron chi connectivity index (χ3n) is 3.16. The quantitative estimate of drug-likeness (QED) is 0.785. The fourth-order valence-electron chi connectivity index (χ4n) is 1.95. The van der Waals surface area contributed by atoms with Gasteiger partial charge < -0.3 is 9.88 Å². The summed E-state index contributed by atoms with van der Waals surface area (Å²) < 4.78 is 28.5. The first kappa shape index (κ1) is 16.1. The first-order valence-electron chi connectivity index (χ1n) is 6.91. The Labute approximate surface area is 140 Å². The van der Waals surface area contributed by atoms with Crippen LogP contribution in [0.25, 0.3) is 0 Å². The molecule has 0 unspecified atom stereocenters. The zero-order chi connectivity index (χ0) is 17.1. The van der Waals surface area contributed by atoms with Gasteiger partial charge in [-0.3, -0.25) is 4.79 Å². The number of halogens is 2. The molecule has 8 heteroatoms. The Bertz CT molecular complexity index is 880. The summed E-state index contributed by atoms with van der Waals surface area (Å²) in [5, 5.41) is 11.0. The first-order valence-corrected chi connectivity index (χ1v) is 7.73. The van der Waals surface area contributed by atoms with E-state index in [0.29, 0.717) is 5.69 Å². The summed E-state index contributed by atoms with van der Waals surface area (Å²) in [5.74, 6) is -2.15. The van der Waals surface area contributed by atoms with Gasteiger partial charge in [0.05, 0.1) is 5.56 Å². The van der Waals surface area contributed by atoms with E-state index >= 15 is 0 Å². The fourth-order valence-corrected chi connectivity index (χ4v) is 2.71. The van der Waals surface area contributed by atoms with Gasteiger partial charge in [-0.15, -0.1) is 10.2 Å². The standard InChI is InChI=1S/C16H12F2N4OS/c1-22-9-19-21-16(22)24-12-5-3-11(4-6-12)20-15(23)13-8-10(17)2-7-14(13)18/h2-9H,1H3,(H,20,23). The molecule has 5 nitrogen and oxygen atoms in total. The summed E-state index contributed by atoms with van der Waals surface area (Å²) in [6.07, 6.45) is 1.60. The zero-order valence-electron chi connectivity index (χ0n) is 12.5. The Hall–Kier alpha value is -2.74. The number of aryl methyl sites for hydroxylation is 1. The van der Waals surface area contributed by atoms with Crippen molar-refractivity contribution < 1.29 is 13.6 Å². The Kier molecular flexibility index (Phi) is 4.57. The van der Waals surface area contributed by atoms with Crippen molar-refractivity contribution in [2.75, 3.05) is 5.32 Å². The molecule has 1 amide bonds. The molecule has 1 N–H and O–H groups in total. The van der Waals surface area contributed by atoms with Crippen LogP contribution < -0.4 is 5.32 Å². The lowest BCUT2D eigenvalue weighted by Gasteiger charge is -2.07. The number of rotatable bonds is 4. The van der Waals surface area contributed by atoms with Crippen LogP contribution in [0, 0.1) is 11.6 Å². The second-order valence-corrected chi connectivity index (χ2v) is 5.97. The van der Waals surface area contributed by atoms with Crippen molar-refractivity contribution >= 4 is 23.4 Å². The Morgan fingerprint density at radius 3 is 2.58 bits per heavy atom. The van der Waals surface area contributed by atoms with Gasteiger partial charge in [0.1, 0.15) is 18.0 Å². The topological polar surface area (TPSA) is 59.8 Å². The predicted octanol–water partition coefficient (Wildman–Crippen LogP) is 3.50. The molecular weight excluding hydrogens is 334 g/mol. The molecule has 0 fully saturated rings. The van der Waals surface area contributed by atoms with E-state index in [0.717, 1.165) is 28.3 Å². The number of amides is 1. The molecule has 24 heavy (non-hydrogen) atoms. The number of carbonyl (C=O) groups excluding carboxylic acids is 1. The SMILES string of the molecule is Cn1cnnc1Sc1ccc(NC(=O)c2cc(F)ccc2F)cc1. The van der Waals surface area contributed by atoms with Crippen LogP contribution in [0.4, 0.5) is 14.5 Å². The normalized spacial score (nSPS) is 10.6. The Balaban J connectivity index is 1.71. The zero-order valence-corrected chi connectivity index (χ0v) is 13.3. The molecule has 3 rings (SSSR count). The molecule has 0 spiro atoms. The minimum atomic E-state index is -0.775. The molecule has 122 valence electrons. The predicted molar refractivity (Wildman–Crippen MR) is 85.9 cm³/mol. The summed E-state index contributed by atoms with van der Waals surface area (Å²) in [5.41, 5.74) is 0.138. The molecule has 0 aliphatic carbocycles. The van der Waals surface area contributed by atoms with Crippen LogP contribution in [0.1, 0.15) is 10.4 Å². The lowest BCUT2D eigenvalue weighted by atomic mass is 10.2. The molecular formula is C16H12F2N4OS. The third-order valence-corrected chi connectivity index (χ3v) is 4.22. The number of hydrogen-bond donors (Lipinski definition) is 1. The van der Waals surface area contributed by atoms with Crippen molar-refractivity contribution in [2.45, 2.75) is 10.1 Å². The summed E-state index contributed by atoms with van der Waals surface area (Å²) in [6, 6.07) is 9.67. The van der Waals surface area contributed by atoms with Crippen molar-refractivity contribution in [1.29, 1.82) is 0 Å². The number of hydrogen-bond acceptors (Lipinski definition) is 4. The number of nitrogens with zero attached hydrogens (tertiary/aromatic N) is 3. The van der Waals surface area contributed by atoms with E-state index in [1.165, 1.54) is 11.8 Å². The van der Waals surface area contributed by atoms with Gasteiger partial charge in [0.2, 0.25) is 0 Å². The van der Waals surface area contributed by atoms with Crippen LogP contribution in [-0.2, 0) is 7.05 Å². The van der Waals surface area contributed by atoms with Crippen molar-refractivity contribution in [3.63, 3.8) is 0 Å². The molecule has 0 saturated heterocycles. The highest BCUT2D eigenvalue weighted by atomic mass is 32.2. The van der Waals surface area contributed by atoms with E-state index in [2.05, 4.69) is 15.5 Å². The van der Waals surface area contributed by atoms with Crippen molar-refractivity contribution in [1.82, 2.24) is 14.8 Å². The molecule has 2 aromatic carbocycles. The molecule has 0 aliphatic rings. The monoisotopic (exact) mass is 346 g/mol. The average Bonchev–Trinajstić information content (AvgIpc) is 2.96. The van der Waals surface area contributed by atoms with Gasteiger partial charge in [0.25, 0.3) is 5.91 Å². The first-order chi connectivity index (χ1) is 11.5. The van der Waals surface area contributed by atoms with Crippen LogP contribution in [0.3, 0.4) is 0 Å². The van der Waals surface area contributed by atoms with Gasteiger partial charge in [-0.05, 0) is 54.2 Å². The van der Waals surface area contributed by atoms with Gasteiger partial charge in [-0.25, -0.2) is 8.78 Å². The highest BCUT2D eigenvalue weighted by molar-refractivity contribution is 7.99. The highest BCUT2D eigenvalue weighted by Gasteiger charge is 2.13. The van der Waals surface area contributed by atoms with Crippen LogP contribution in [0.2, 0.25) is 0 Å². The molecule has 0 radical (unpaired) electrons. The Morgan fingerprint density at radius 2 is 1.92 bits per heavy atom. The van der Waals surface area contributed by atoms with E-state index in [4.69, 9.17) is 0 Å². The maximum atomic E-state index is 13.6. The van der Waals surface area contributed by atoms with E-state index < -0.39 is 17.5 Å². The molecule has 0 aliphatic heterocycles. The lowest BCUT2D eigenvalue weighted by Crippen LogP contribution is -2.14. The maximum Gasteiger partial charge on any atom is 0.258 e. The fraction of sp³-hybridized carbons (Fsp3) is 0.0625. The highest BCUT2D eigenvalue weighted by Crippen LogP contribution is 2.26. The number of anilines is 1. The number of nitrogens with one attached hydrogen (secondary N) is 1. The van der Waals surface area contributed by atoms with E-state index in [1.54, 1.807) is 35.2 Å². The molecule has 0 saturated carbocycles. The largest absolute Gasteiger partial charge is 0.322 e. The Morgan fingerprint density at radius 1 is 1.17 bits per heavy atom. The van der Waals surface area contributed by atoms with Crippen molar-refractivity contribution in [2.24, 2.45) is 7.05 Å². The van der Waals surface area contributed by atoms with Crippen LogP contribution >= 0.6 is 11.8 Å². The van der Waals surface area contributed by atoms with Gasteiger partial charge in [-0.1, -0.05) is 0 Å². The third kappa shape index (κ3) is 3.60. The summed E-state index contributed by atoms with van der Waals surface area (Å²) in [4.78, 5) is 12.9. The minimum Gasteiger partial charge on any atom is -0.322 e. The summed E-state index contributed by atoms with van der Waals surface area (Å²) in [7, 11) is 1.84. The number of carbonyl (C=O) groups is 1. The van der Waals surface area contributed by atoms with Crippen molar-refractivity contribution in [3.05, 3.63) is 66.0 Å². The summed E-state index contributed by atoms with van der Waals surface area (Å²) >= 11 is 1.42. The second kappa shape index (κ2) is 6.79. The molecule has 0 atom stereocenters. The summed E-state index contributed by atoms with van der Waals surface area (Å²) in [6.45, 7) is 0. The minimum absolute atomic E-state index is 0.340. The van der Waals surface area contributed by atoms with Crippen molar-refractivity contribution in [3.8, 4) is 0 Å².